The number of alkyl halides is 1. The van der Waals surface area contributed by atoms with Gasteiger partial charge in [-0.1, -0.05) is 64.7 Å². The van der Waals surface area contributed by atoms with E-state index in [4.69, 9.17) is 16.1 Å². The fourth-order valence-electron chi connectivity index (χ4n) is 2.18. The summed E-state index contributed by atoms with van der Waals surface area (Å²) in [5.74, 6) is 0.426. The van der Waals surface area contributed by atoms with Crippen LogP contribution in [-0.4, -0.2) is 25.3 Å². The van der Waals surface area contributed by atoms with Crippen LogP contribution in [0.2, 0.25) is 0 Å². The number of halogens is 1. The Balaban J connectivity index is 3.24. The molecule has 0 bridgehead atoms. The van der Waals surface area contributed by atoms with E-state index in [0.717, 1.165) is 6.42 Å². The Labute approximate surface area is 125 Å². The first-order chi connectivity index (χ1) is 9.12. The van der Waals surface area contributed by atoms with Crippen molar-refractivity contribution < 1.29 is 9.09 Å². The summed E-state index contributed by atoms with van der Waals surface area (Å²) in [6, 6.07) is 0. The first-order valence-corrected chi connectivity index (χ1v) is 10.7. The molecule has 0 heterocycles. The largest absolute Gasteiger partial charge is 0.327 e. The predicted octanol–water partition coefficient (Wildman–Crippen LogP) is 6.07. The molecule has 0 aromatic rings. The van der Waals surface area contributed by atoms with Gasteiger partial charge < -0.3 is 4.52 Å². The third-order valence-electron chi connectivity index (χ3n) is 3.36. The van der Waals surface area contributed by atoms with Gasteiger partial charge in [0.05, 0.1) is 6.61 Å². The van der Waals surface area contributed by atoms with Gasteiger partial charge in [-0.3, -0.25) is 4.57 Å². The van der Waals surface area contributed by atoms with Gasteiger partial charge in [0.25, 0.3) is 0 Å². The van der Waals surface area contributed by atoms with Gasteiger partial charge in [-0.15, -0.1) is 11.6 Å². The fraction of sp³-hybridized carbons (Fsp3) is 1.00. The van der Waals surface area contributed by atoms with Gasteiger partial charge in [-0.05, 0) is 6.42 Å². The average Bonchev–Trinajstić information content (AvgIpc) is 2.38. The van der Waals surface area contributed by atoms with Crippen molar-refractivity contribution in [3.05, 3.63) is 0 Å². The highest BCUT2D eigenvalue weighted by Crippen LogP contribution is 2.43. The summed E-state index contributed by atoms with van der Waals surface area (Å²) in [5.41, 5.74) is 0. The molecule has 116 valence electrons. The lowest BCUT2D eigenvalue weighted by atomic mass is 10.1. The zero-order chi connectivity index (χ0) is 14.4. The van der Waals surface area contributed by atoms with Crippen molar-refractivity contribution in [2.45, 2.75) is 71.1 Å². The number of hydrogen-bond acceptors (Lipinski definition) is 2. The monoisotopic (exact) mass is 310 g/mol. The molecule has 0 aliphatic carbocycles. The minimum absolute atomic E-state index is 0.410. The summed E-state index contributed by atoms with van der Waals surface area (Å²) in [4.78, 5) is 0. The second-order valence-corrected chi connectivity index (χ2v) is 8.55. The first-order valence-electron chi connectivity index (χ1n) is 7.89. The fourth-order valence-corrected chi connectivity index (χ4v) is 3.77. The predicted molar refractivity (Wildman–Crippen MR) is 86.9 cm³/mol. The van der Waals surface area contributed by atoms with E-state index in [1.54, 1.807) is 6.66 Å². The quantitative estimate of drug-likeness (QED) is 0.221. The molecule has 0 aromatic carbocycles. The summed E-state index contributed by atoms with van der Waals surface area (Å²) < 4.78 is 17.2. The summed E-state index contributed by atoms with van der Waals surface area (Å²) in [5, 5.41) is 0. The van der Waals surface area contributed by atoms with Crippen molar-refractivity contribution in [3.8, 4) is 0 Å². The molecule has 0 fully saturated rings. The number of rotatable bonds is 14. The van der Waals surface area contributed by atoms with Crippen LogP contribution in [0.4, 0.5) is 0 Å². The minimum Gasteiger partial charge on any atom is -0.327 e. The summed E-state index contributed by atoms with van der Waals surface area (Å²) >= 11 is 5.53. The standard InChI is InChI=1S/C15H32ClO2P/c1-3-4-5-6-7-8-9-10-11-12-15-19(2,17)18-14-13-16/h3-15H2,1-2H3. The molecule has 4 heteroatoms. The first kappa shape index (κ1) is 19.5. The van der Waals surface area contributed by atoms with Crippen LogP contribution >= 0.6 is 19.0 Å². The van der Waals surface area contributed by atoms with Gasteiger partial charge in [-0.2, -0.15) is 0 Å². The lowest BCUT2D eigenvalue weighted by molar-refractivity contribution is 0.338. The normalized spacial score (nSPS) is 14.5. The van der Waals surface area contributed by atoms with Crippen LogP contribution in [0.5, 0.6) is 0 Å². The molecule has 0 N–H and O–H groups in total. The van der Waals surface area contributed by atoms with Gasteiger partial charge in [0, 0.05) is 18.7 Å². The van der Waals surface area contributed by atoms with E-state index in [-0.39, 0.29) is 0 Å². The zero-order valence-corrected chi connectivity index (χ0v) is 14.5. The summed E-state index contributed by atoms with van der Waals surface area (Å²) in [6.45, 7) is 4.39. The molecule has 19 heavy (non-hydrogen) atoms. The van der Waals surface area contributed by atoms with Crippen LogP contribution in [0, 0.1) is 0 Å². The van der Waals surface area contributed by atoms with Crippen LogP contribution in [0.1, 0.15) is 71.1 Å². The number of unbranched alkanes of at least 4 members (excludes halogenated alkanes) is 9. The third-order valence-corrected chi connectivity index (χ3v) is 5.37. The van der Waals surface area contributed by atoms with Crippen molar-refractivity contribution in [3.63, 3.8) is 0 Å². The summed E-state index contributed by atoms with van der Waals surface area (Å²) in [6.07, 6.45) is 13.7. The van der Waals surface area contributed by atoms with Gasteiger partial charge in [0.2, 0.25) is 0 Å². The van der Waals surface area contributed by atoms with Gasteiger partial charge in [0.1, 0.15) is 0 Å². The molecule has 1 unspecified atom stereocenters. The summed E-state index contributed by atoms with van der Waals surface area (Å²) in [7, 11) is -2.37. The average molecular weight is 311 g/mol. The van der Waals surface area contributed by atoms with E-state index in [0.29, 0.717) is 18.6 Å². The van der Waals surface area contributed by atoms with Crippen molar-refractivity contribution in [1.82, 2.24) is 0 Å². The van der Waals surface area contributed by atoms with E-state index in [1.165, 1.54) is 57.8 Å². The van der Waals surface area contributed by atoms with E-state index in [1.807, 2.05) is 0 Å². The second kappa shape index (κ2) is 13.5. The Bertz CT molecular complexity index is 234. The molecule has 0 spiro atoms. The van der Waals surface area contributed by atoms with Gasteiger partial charge in [0.15, 0.2) is 7.37 Å². The van der Waals surface area contributed by atoms with Crippen LogP contribution in [-0.2, 0) is 9.09 Å². The van der Waals surface area contributed by atoms with Crippen LogP contribution in [0.3, 0.4) is 0 Å². The maximum Gasteiger partial charge on any atom is 0.200 e. The molecular weight excluding hydrogens is 279 g/mol. The maximum absolute atomic E-state index is 11.9. The molecule has 0 radical (unpaired) electrons. The Kier molecular flexibility index (Phi) is 13.8. The van der Waals surface area contributed by atoms with Gasteiger partial charge in [-0.25, -0.2) is 0 Å². The minimum atomic E-state index is -2.37. The molecule has 0 saturated carbocycles. The molecular formula is C15H32ClO2P. The van der Waals surface area contributed by atoms with Crippen molar-refractivity contribution in [2.75, 3.05) is 25.3 Å². The van der Waals surface area contributed by atoms with E-state index >= 15 is 0 Å². The van der Waals surface area contributed by atoms with Crippen LogP contribution < -0.4 is 0 Å². The Morgan fingerprint density at radius 2 is 1.37 bits per heavy atom. The van der Waals surface area contributed by atoms with E-state index < -0.39 is 7.37 Å². The third kappa shape index (κ3) is 14.7. The van der Waals surface area contributed by atoms with Crippen LogP contribution in [0.15, 0.2) is 0 Å². The maximum atomic E-state index is 11.9. The van der Waals surface area contributed by atoms with Crippen molar-refractivity contribution >= 4 is 19.0 Å². The Morgan fingerprint density at radius 3 is 1.84 bits per heavy atom. The molecule has 0 aromatic heterocycles. The highest BCUT2D eigenvalue weighted by atomic mass is 35.5. The van der Waals surface area contributed by atoms with Gasteiger partial charge >= 0.3 is 0 Å². The molecule has 0 aliphatic rings. The topological polar surface area (TPSA) is 26.3 Å². The Hall–Kier alpha value is 0.480. The van der Waals surface area contributed by atoms with E-state index in [2.05, 4.69) is 6.92 Å². The van der Waals surface area contributed by atoms with E-state index in [9.17, 15) is 4.57 Å². The highest BCUT2D eigenvalue weighted by Gasteiger charge is 2.14. The molecule has 0 aliphatic heterocycles. The number of hydrogen-bond donors (Lipinski definition) is 0. The van der Waals surface area contributed by atoms with Crippen LogP contribution in [0.25, 0.3) is 0 Å². The molecule has 0 rings (SSSR count). The molecule has 0 saturated heterocycles. The molecule has 0 amide bonds. The van der Waals surface area contributed by atoms with Crippen molar-refractivity contribution in [1.29, 1.82) is 0 Å². The lowest BCUT2D eigenvalue weighted by Gasteiger charge is -2.12. The smallest absolute Gasteiger partial charge is 0.200 e. The molecule has 1 atom stereocenters. The zero-order valence-electron chi connectivity index (χ0n) is 12.8. The SMILES string of the molecule is CCCCCCCCCCCCP(C)(=O)OCCCl. The molecule has 2 nitrogen and oxygen atoms in total. The Morgan fingerprint density at radius 1 is 0.895 bits per heavy atom. The van der Waals surface area contributed by atoms with Crippen molar-refractivity contribution in [2.24, 2.45) is 0 Å². The second-order valence-electron chi connectivity index (χ2n) is 5.44. The highest BCUT2D eigenvalue weighted by molar-refractivity contribution is 7.58. The lowest BCUT2D eigenvalue weighted by Crippen LogP contribution is -1.97.